The van der Waals surface area contributed by atoms with Gasteiger partial charge in [0.05, 0.1) is 12.6 Å². The van der Waals surface area contributed by atoms with Gasteiger partial charge < -0.3 is 25.1 Å². The van der Waals surface area contributed by atoms with Crippen molar-refractivity contribution in [3.8, 4) is 11.6 Å². The molecule has 3 aromatic heterocycles. The predicted octanol–water partition coefficient (Wildman–Crippen LogP) is 5.88. The van der Waals surface area contributed by atoms with Crippen molar-refractivity contribution in [2.45, 2.75) is 58.9 Å². The molecule has 2 unspecified atom stereocenters. The van der Waals surface area contributed by atoms with Gasteiger partial charge in [-0.3, -0.25) is 4.79 Å². The summed E-state index contributed by atoms with van der Waals surface area (Å²) in [5, 5.41) is 14.8. The van der Waals surface area contributed by atoms with Gasteiger partial charge in [0.25, 0.3) is 11.8 Å². The molecule has 0 spiro atoms. The van der Waals surface area contributed by atoms with Crippen LogP contribution in [0, 0.1) is 6.92 Å². The summed E-state index contributed by atoms with van der Waals surface area (Å²) in [6, 6.07) is 13.7. The molecule has 42 heavy (non-hydrogen) atoms. The van der Waals surface area contributed by atoms with Crippen molar-refractivity contribution in [1.29, 1.82) is 0 Å². The number of aromatic nitrogens is 4. The van der Waals surface area contributed by atoms with E-state index in [-0.39, 0.29) is 23.8 Å². The van der Waals surface area contributed by atoms with E-state index in [1.54, 1.807) is 30.6 Å². The van der Waals surface area contributed by atoms with E-state index in [1.807, 2.05) is 49.3 Å². The van der Waals surface area contributed by atoms with Crippen molar-refractivity contribution in [3.05, 3.63) is 75.6 Å². The lowest BCUT2D eigenvalue weighted by Gasteiger charge is -2.23. The van der Waals surface area contributed by atoms with Crippen molar-refractivity contribution < 1.29 is 13.9 Å². The van der Waals surface area contributed by atoms with Gasteiger partial charge >= 0.3 is 0 Å². The topological polar surface area (TPSA) is 132 Å². The lowest BCUT2D eigenvalue weighted by atomic mass is 10.0. The maximum atomic E-state index is 13.8. The molecule has 0 saturated carbocycles. The molecule has 1 aliphatic heterocycles. The normalized spacial score (nSPS) is 14.8. The number of hydrogen-bond donors (Lipinski definition) is 2. The number of carbonyl (C=O) groups is 1. The minimum absolute atomic E-state index is 0.0171. The first-order chi connectivity index (χ1) is 20.5. The Morgan fingerprint density at radius 1 is 1.19 bits per heavy atom. The minimum Gasteiger partial charge on any atom is -0.419 e. The molecule has 2 atom stereocenters. The number of nitrogens with zero attached hydrogens (tertiary/aromatic N) is 5. The number of carbonyl (C=O) groups excluding carboxylic acids is 1. The average Bonchev–Trinajstić information content (AvgIpc) is 3.81. The van der Waals surface area contributed by atoms with Crippen molar-refractivity contribution in [3.63, 3.8) is 0 Å². The first-order valence-corrected chi connectivity index (χ1v) is 15.3. The molecule has 0 bridgehead atoms. The zero-order valence-corrected chi connectivity index (χ0v) is 26.3. The van der Waals surface area contributed by atoms with E-state index in [4.69, 9.17) is 9.15 Å². The summed E-state index contributed by atoms with van der Waals surface area (Å²) in [7, 11) is 3.14. The number of anilines is 1. The van der Waals surface area contributed by atoms with Gasteiger partial charge in [-0.25, -0.2) is 9.97 Å². The van der Waals surface area contributed by atoms with Crippen LogP contribution in [-0.4, -0.2) is 64.8 Å². The minimum atomic E-state index is -0.0593. The maximum Gasteiger partial charge on any atom is 0.266 e. The van der Waals surface area contributed by atoms with Crippen LogP contribution in [0.4, 0.5) is 5.82 Å². The van der Waals surface area contributed by atoms with Crippen LogP contribution in [-0.2, 0) is 11.2 Å². The summed E-state index contributed by atoms with van der Waals surface area (Å²) in [4.78, 5) is 25.0. The molecule has 5 rings (SSSR count). The van der Waals surface area contributed by atoms with Crippen LogP contribution >= 0.6 is 11.3 Å². The Hall–Kier alpha value is -3.67. The largest absolute Gasteiger partial charge is 0.419 e. The third kappa shape index (κ3) is 8.43. The molecule has 1 aliphatic rings. The molecule has 226 valence electrons. The third-order valence-electron chi connectivity index (χ3n) is 6.59. The van der Waals surface area contributed by atoms with E-state index >= 15 is 0 Å². The molecule has 10 nitrogen and oxygen atoms in total. The molecule has 1 saturated heterocycles. The van der Waals surface area contributed by atoms with Crippen LogP contribution in [0.5, 0.6) is 0 Å². The van der Waals surface area contributed by atoms with Crippen molar-refractivity contribution in [1.82, 2.24) is 25.1 Å². The van der Waals surface area contributed by atoms with E-state index in [1.165, 1.54) is 12.6 Å². The quantitative estimate of drug-likeness (QED) is 0.216. The first kappa shape index (κ1) is 32.8. The molecule has 4 heterocycles. The van der Waals surface area contributed by atoms with Crippen LogP contribution in [0.25, 0.3) is 11.6 Å². The zero-order valence-electron chi connectivity index (χ0n) is 25.5. The maximum absolute atomic E-state index is 13.8. The fourth-order valence-corrected chi connectivity index (χ4v) is 5.63. The second kappa shape index (κ2) is 16.7. The highest BCUT2D eigenvalue weighted by molar-refractivity contribution is 7.09. The highest BCUT2D eigenvalue weighted by Crippen LogP contribution is 2.35. The molecule has 0 aliphatic carbocycles. The SMILES string of the molecule is CC.CN.COCCNc1cc(C(=O)N2CCCC2c2nc(C)cs2)cc(-c2nnc(C(C)Cc3ccccc3)o2)n1. The summed E-state index contributed by atoms with van der Waals surface area (Å²) >= 11 is 1.61. The van der Waals surface area contributed by atoms with Gasteiger partial charge in [0, 0.05) is 42.8 Å². The van der Waals surface area contributed by atoms with Gasteiger partial charge in [-0.05, 0) is 50.9 Å². The van der Waals surface area contributed by atoms with E-state index < -0.39 is 0 Å². The lowest BCUT2D eigenvalue weighted by Crippen LogP contribution is -2.30. The highest BCUT2D eigenvalue weighted by atomic mass is 32.1. The van der Waals surface area contributed by atoms with Gasteiger partial charge in [-0.2, -0.15) is 0 Å². The Balaban J connectivity index is 0.00000116. The lowest BCUT2D eigenvalue weighted by molar-refractivity contribution is 0.0735. The van der Waals surface area contributed by atoms with Crippen LogP contribution in [0.2, 0.25) is 0 Å². The number of thiazole rings is 1. The number of amides is 1. The summed E-state index contributed by atoms with van der Waals surface area (Å²) in [6.45, 7) is 9.79. The number of aryl methyl sites for hydroxylation is 1. The number of methoxy groups -OCH3 is 1. The molecular weight excluding hydrogens is 550 g/mol. The Kier molecular flexibility index (Phi) is 13.1. The second-order valence-corrected chi connectivity index (χ2v) is 10.5. The molecule has 0 radical (unpaired) electrons. The fourth-order valence-electron chi connectivity index (χ4n) is 4.69. The molecule has 11 heteroatoms. The van der Waals surface area contributed by atoms with Crippen LogP contribution in [0.15, 0.2) is 52.3 Å². The van der Waals surface area contributed by atoms with Gasteiger partial charge in [-0.1, -0.05) is 51.1 Å². The first-order valence-electron chi connectivity index (χ1n) is 14.4. The fraction of sp³-hybridized carbons (Fsp3) is 0.452. The Labute approximate surface area is 252 Å². The number of hydrogen-bond acceptors (Lipinski definition) is 10. The summed E-state index contributed by atoms with van der Waals surface area (Å²) < 4.78 is 11.2. The van der Waals surface area contributed by atoms with Gasteiger partial charge in [-0.15, -0.1) is 21.5 Å². The second-order valence-electron chi connectivity index (χ2n) is 9.57. The highest BCUT2D eigenvalue weighted by Gasteiger charge is 2.33. The van der Waals surface area contributed by atoms with Crippen LogP contribution in [0.1, 0.15) is 78.1 Å². The van der Waals surface area contributed by atoms with Gasteiger partial charge in [0.2, 0.25) is 5.89 Å². The molecule has 1 aromatic carbocycles. The van der Waals surface area contributed by atoms with E-state index in [2.05, 4.69) is 50.3 Å². The summed E-state index contributed by atoms with van der Waals surface area (Å²) in [5.41, 5.74) is 7.66. The summed E-state index contributed by atoms with van der Waals surface area (Å²) in [5.74, 6) is 1.36. The van der Waals surface area contributed by atoms with Gasteiger partial charge in [0.1, 0.15) is 16.5 Å². The van der Waals surface area contributed by atoms with Crippen molar-refractivity contribution >= 4 is 23.1 Å². The molecule has 3 N–H and O–H groups in total. The van der Waals surface area contributed by atoms with Crippen LogP contribution in [0.3, 0.4) is 0 Å². The van der Waals surface area contributed by atoms with Gasteiger partial charge in [0.15, 0.2) is 0 Å². The molecule has 1 amide bonds. The smallest absolute Gasteiger partial charge is 0.266 e. The van der Waals surface area contributed by atoms with E-state index in [0.717, 1.165) is 30.0 Å². The van der Waals surface area contributed by atoms with E-state index in [9.17, 15) is 4.79 Å². The number of pyridine rings is 1. The number of likely N-dealkylation sites (tertiary alicyclic amines) is 1. The molecule has 1 fully saturated rings. The monoisotopic (exact) mass is 593 g/mol. The number of nitrogens with two attached hydrogens (primary N) is 1. The van der Waals surface area contributed by atoms with E-state index in [0.29, 0.717) is 42.7 Å². The average molecular weight is 594 g/mol. The number of benzene rings is 1. The zero-order chi connectivity index (χ0) is 30.5. The molecular formula is C31H43N7O3S. The molecule has 4 aromatic rings. The third-order valence-corrected chi connectivity index (χ3v) is 7.65. The number of rotatable bonds is 10. The Morgan fingerprint density at radius 3 is 2.64 bits per heavy atom. The van der Waals surface area contributed by atoms with Crippen molar-refractivity contribution in [2.75, 3.05) is 39.2 Å². The number of nitrogens with one attached hydrogen (secondary N) is 1. The summed E-state index contributed by atoms with van der Waals surface area (Å²) in [6.07, 6.45) is 2.63. The Bertz CT molecular complexity index is 1380. The van der Waals surface area contributed by atoms with Crippen molar-refractivity contribution in [2.24, 2.45) is 5.73 Å². The Morgan fingerprint density at radius 2 is 1.95 bits per heavy atom. The number of ether oxygens (including phenoxy) is 1. The predicted molar refractivity (Wildman–Crippen MR) is 168 cm³/mol. The standard InChI is InChI=1S/C28H32N6O3S.C2H6.CH5N/c1-18(14-20-8-5-4-6-9-20)25-32-33-26(37-25)22-15-21(16-24(31-22)29-11-13-36-3)28(35)34-12-7-10-23(34)27-30-19(2)17-38-27;2*1-2/h4-6,8-9,15-18,23H,7,10-14H2,1-3H3,(H,29,31);1-2H3;2H2,1H3. The van der Waals surface area contributed by atoms with Crippen LogP contribution < -0.4 is 11.1 Å².